The van der Waals surface area contributed by atoms with Gasteiger partial charge in [0.25, 0.3) is 0 Å². The normalized spacial score (nSPS) is 10.7. The molecule has 1 rings (SSSR count). The van der Waals surface area contributed by atoms with Crippen LogP contribution in [-0.4, -0.2) is 29.9 Å². The number of aryl methyl sites for hydroxylation is 1. The summed E-state index contributed by atoms with van der Waals surface area (Å²) in [6.45, 7) is 9.08. The number of urea groups is 1. The van der Waals surface area contributed by atoms with Crippen molar-refractivity contribution >= 4 is 29.2 Å². The van der Waals surface area contributed by atoms with Crippen LogP contribution < -0.4 is 21.3 Å². The highest BCUT2D eigenvalue weighted by Crippen LogP contribution is 2.20. The van der Waals surface area contributed by atoms with Gasteiger partial charge in [-0.15, -0.1) is 0 Å². The zero-order valence-electron chi connectivity index (χ0n) is 14.9. The van der Waals surface area contributed by atoms with Crippen molar-refractivity contribution in [1.29, 1.82) is 0 Å². The Kier molecular flexibility index (Phi) is 6.76. The maximum absolute atomic E-state index is 11.9. The number of benzene rings is 1. The predicted octanol–water partition coefficient (Wildman–Crippen LogP) is 2.38. The van der Waals surface area contributed by atoms with Gasteiger partial charge in [-0.2, -0.15) is 0 Å². The first-order valence-corrected chi connectivity index (χ1v) is 7.87. The molecule has 0 saturated heterocycles. The number of carbonyl (C=O) groups is 3. The molecule has 0 bridgehead atoms. The van der Waals surface area contributed by atoms with E-state index in [9.17, 15) is 14.4 Å². The minimum atomic E-state index is -0.485. The first kappa shape index (κ1) is 19.5. The summed E-state index contributed by atoms with van der Waals surface area (Å²) in [5.74, 6) is -0.369. The number of hydrogen-bond acceptors (Lipinski definition) is 3. The van der Waals surface area contributed by atoms with Crippen LogP contribution in [0.15, 0.2) is 18.2 Å². The van der Waals surface area contributed by atoms with Crippen LogP contribution in [0.5, 0.6) is 0 Å². The second-order valence-electron chi connectivity index (χ2n) is 6.54. The molecule has 0 fully saturated rings. The summed E-state index contributed by atoms with van der Waals surface area (Å²) in [5, 5.41) is 10.7. The Morgan fingerprint density at radius 2 is 1.71 bits per heavy atom. The molecule has 0 saturated carbocycles. The van der Waals surface area contributed by atoms with E-state index in [0.29, 0.717) is 17.8 Å². The number of anilines is 2. The first-order valence-electron chi connectivity index (χ1n) is 7.87. The summed E-state index contributed by atoms with van der Waals surface area (Å²) < 4.78 is 0. The van der Waals surface area contributed by atoms with Crippen molar-refractivity contribution in [3.8, 4) is 0 Å². The summed E-state index contributed by atoms with van der Waals surface area (Å²) in [6.07, 6.45) is 0.375. The molecule has 0 aliphatic heterocycles. The average Bonchev–Trinajstić information content (AvgIpc) is 2.46. The van der Waals surface area contributed by atoms with Gasteiger partial charge in [-0.3, -0.25) is 9.59 Å². The molecule has 7 nitrogen and oxygen atoms in total. The molecule has 0 heterocycles. The summed E-state index contributed by atoms with van der Waals surface area (Å²) >= 11 is 0. The molecule has 0 radical (unpaired) electrons. The number of nitrogens with one attached hydrogen (secondary N) is 4. The highest BCUT2D eigenvalue weighted by molar-refractivity contribution is 5.95. The van der Waals surface area contributed by atoms with Crippen LogP contribution in [0.3, 0.4) is 0 Å². The lowest BCUT2D eigenvalue weighted by Crippen LogP contribution is -2.46. The fraction of sp³-hybridized carbons (Fsp3) is 0.471. The topological polar surface area (TPSA) is 99.3 Å². The highest BCUT2D eigenvalue weighted by Gasteiger charge is 2.14. The first-order chi connectivity index (χ1) is 11.1. The van der Waals surface area contributed by atoms with Gasteiger partial charge in [-0.05, 0) is 45.4 Å². The minimum absolute atomic E-state index is 0.104. The molecule has 1 aromatic carbocycles. The van der Waals surface area contributed by atoms with Crippen molar-refractivity contribution < 1.29 is 14.4 Å². The second kappa shape index (κ2) is 8.33. The fourth-order valence-corrected chi connectivity index (χ4v) is 1.87. The van der Waals surface area contributed by atoms with Gasteiger partial charge in [0.15, 0.2) is 0 Å². The van der Waals surface area contributed by atoms with Crippen molar-refractivity contribution in [3.05, 3.63) is 23.8 Å². The number of rotatable bonds is 5. The number of carbonyl (C=O) groups excluding carboxylic acids is 3. The number of hydrogen-bond donors (Lipinski definition) is 4. The largest absolute Gasteiger partial charge is 0.350 e. The molecule has 132 valence electrons. The Bertz CT molecular complexity index is 621. The van der Waals surface area contributed by atoms with E-state index in [1.165, 1.54) is 0 Å². The quantitative estimate of drug-likeness (QED) is 0.665. The van der Waals surface area contributed by atoms with Crippen LogP contribution >= 0.6 is 0 Å². The van der Waals surface area contributed by atoms with Gasteiger partial charge >= 0.3 is 6.03 Å². The Hall–Kier alpha value is -2.57. The molecule has 0 atom stereocenters. The summed E-state index contributed by atoms with van der Waals surface area (Å²) in [7, 11) is 0. The lowest BCUT2D eigenvalue weighted by molar-refractivity contribution is -0.121. The summed E-state index contributed by atoms with van der Waals surface area (Å²) in [5.41, 5.74) is 1.67. The smallest absolute Gasteiger partial charge is 0.319 e. The Labute approximate surface area is 142 Å². The third-order valence-corrected chi connectivity index (χ3v) is 3.01. The second-order valence-corrected chi connectivity index (χ2v) is 6.54. The van der Waals surface area contributed by atoms with Gasteiger partial charge in [-0.1, -0.05) is 13.0 Å². The van der Waals surface area contributed by atoms with E-state index in [4.69, 9.17) is 0 Å². The monoisotopic (exact) mass is 334 g/mol. The van der Waals surface area contributed by atoms with Crippen molar-refractivity contribution in [1.82, 2.24) is 10.6 Å². The zero-order valence-corrected chi connectivity index (χ0v) is 14.9. The van der Waals surface area contributed by atoms with Crippen LogP contribution in [-0.2, 0) is 9.59 Å². The molecule has 0 spiro atoms. The lowest BCUT2D eigenvalue weighted by Gasteiger charge is -2.20. The van der Waals surface area contributed by atoms with Gasteiger partial charge in [0.2, 0.25) is 11.8 Å². The Morgan fingerprint density at radius 3 is 2.29 bits per heavy atom. The van der Waals surface area contributed by atoms with Crippen LogP contribution in [0.1, 0.15) is 39.7 Å². The molecular weight excluding hydrogens is 308 g/mol. The summed E-state index contributed by atoms with van der Waals surface area (Å²) in [4.78, 5) is 35.1. The number of amides is 4. The molecule has 24 heavy (non-hydrogen) atoms. The van der Waals surface area contributed by atoms with Gasteiger partial charge in [0, 0.05) is 23.3 Å². The third-order valence-electron chi connectivity index (χ3n) is 3.01. The third kappa shape index (κ3) is 7.13. The van der Waals surface area contributed by atoms with Gasteiger partial charge in [0.05, 0.1) is 6.54 Å². The fourth-order valence-electron chi connectivity index (χ4n) is 1.87. The molecule has 4 amide bonds. The SMILES string of the molecule is CCC(=O)Nc1ccc(C)c(NC(=O)NCC(=O)NC(C)(C)C)c1. The molecule has 0 aliphatic rings. The Balaban J connectivity index is 2.61. The van der Waals surface area contributed by atoms with Gasteiger partial charge < -0.3 is 21.3 Å². The van der Waals surface area contributed by atoms with Crippen molar-refractivity contribution in [2.24, 2.45) is 0 Å². The minimum Gasteiger partial charge on any atom is -0.350 e. The van der Waals surface area contributed by atoms with E-state index >= 15 is 0 Å². The summed E-state index contributed by atoms with van der Waals surface area (Å²) in [6, 6.07) is 4.76. The molecular formula is C17H26N4O3. The van der Waals surface area contributed by atoms with Crippen LogP contribution in [0.4, 0.5) is 16.2 Å². The highest BCUT2D eigenvalue weighted by atomic mass is 16.2. The van der Waals surface area contributed by atoms with E-state index in [2.05, 4.69) is 21.3 Å². The van der Waals surface area contributed by atoms with E-state index in [1.54, 1.807) is 25.1 Å². The maximum atomic E-state index is 11.9. The lowest BCUT2D eigenvalue weighted by atomic mass is 10.1. The molecule has 7 heteroatoms. The van der Waals surface area contributed by atoms with E-state index in [1.807, 2.05) is 27.7 Å². The van der Waals surface area contributed by atoms with E-state index < -0.39 is 6.03 Å². The predicted molar refractivity (Wildman–Crippen MR) is 95.0 cm³/mol. The molecule has 0 unspecified atom stereocenters. The van der Waals surface area contributed by atoms with Crippen molar-refractivity contribution in [2.75, 3.05) is 17.2 Å². The molecule has 4 N–H and O–H groups in total. The molecule has 0 aromatic heterocycles. The average molecular weight is 334 g/mol. The molecule has 0 aliphatic carbocycles. The van der Waals surface area contributed by atoms with Gasteiger partial charge in [-0.25, -0.2) is 4.79 Å². The zero-order chi connectivity index (χ0) is 18.3. The van der Waals surface area contributed by atoms with E-state index in [-0.39, 0.29) is 23.9 Å². The maximum Gasteiger partial charge on any atom is 0.319 e. The van der Waals surface area contributed by atoms with E-state index in [0.717, 1.165) is 5.56 Å². The van der Waals surface area contributed by atoms with Crippen molar-refractivity contribution in [3.63, 3.8) is 0 Å². The van der Waals surface area contributed by atoms with Crippen molar-refractivity contribution in [2.45, 2.75) is 46.6 Å². The van der Waals surface area contributed by atoms with Crippen LogP contribution in [0.2, 0.25) is 0 Å². The Morgan fingerprint density at radius 1 is 1.04 bits per heavy atom. The van der Waals surface area contributed by atoms with Crippen LogP contribution in [0.25, 0.3) is 0 Å². The molecule has 1 aromatic rings. The van der Waals surface area contributed by atoms with Gasteiger partial charge in [0.1, 0.15) is 0 Å². The van der Waals surface area contributed by atoms with Crippen LogP contribution in [0, 0.1) is 6.92 Å². The standard InChI is InChI=1S/C17H26N4O3/c1-6-14(22)19-12-8-7-11(2)13(9-12)20-16(24)18-10-15(23)21-17(3,4)5/h7-9H,6,10H2,1-5H3,(H,19,22)(H,21,23)(H2,18,20,24).